The molecule has 3 heteroatoms. The van der Waals surface area contributed by atoms with Crippen LogP contribution in [0.2, 0.25) is 5.02 Å². The van der Waals surface area contributed by atoms with Crippen molar-refractivity contribution in [1.82, 2.24) is 0 Å². The van der Waals surface area contributed by atoms with E-state index in [-0.39, 0.29) is 5.83 Å². The lowest BCUT2D eigenvalue weighted by Gasteiger charge is -2.03. The Morgan fingerprint density at radius 3 is 2.56 bits per heavy atom. The van der Waals surface area contributed by atoms with E-state index in [0.717, 1.165) is 5.56 Å². The summed E-state index contributed by atoms with van der Waals surface area (Å²) >= 11 is 6.01. The molecule has 0 unspecified atom stereocenters. The molecule has 0 saturated heterocycles. The van der Waals surface area contributed by atoms with Crippen LogP contribution in [-0.4, -0.2) is 5.71 Å². The molecule has 16 heavy (non-hydrogen) atoms. The Morgan fingerprint density at radius 2 is 2.00 bits per heavy atom. The van der Waals surface area contributed by atoms with Crippen LogP contribution in [0.5, 0.6) is 0 Å². The van der Waals surface area contributed by atoms with Crippen molar-refractivity contribution in [2.45, 2.75) is 13.8 Å². The van der Waals surface area contributed by atoms with Crippen LogP contribution in [0.4, 0.5) is 4.39 Å². The minimum absolute atomic E-state index is 0.319. The molecule has 84 valence electrons. The molecule has 0 aromatic heterocycles. The third-order valence-corrected chi connectivity index (χ3v) is 2.27. The van der Waals surface area contributed by atoms with Gasteiger partial charge in [0.25, 0.3) is 0 Å². The van der Waals surface area contributed by atoms with E-state index in [0.29, 0.717) is 16.4 Å². The van der Waals surface area contributed by atoms with Crippen LogP contribution >= 0.6 is 11.6 Å². The molecule has 0 heterocycles. The summed E-state index contributed by atoms with van der Waals surface area (Å²) in [6.07, 6.45) is 1.28. The summed E-state index contributed by atoms with van der Waals surface area (Å²) in [6.45, 7) is 6.81. The Kier molecular flexibility index (Phi) is 4.44. The van der Waals surface area contributed by atoms with Gasteiger partial charge >= 0.3 is 0 Å². The van der Waals surface area contributed by atoms with Gasteiger partial charge in [0, 0.05) is 16.3 Å². The van der Waals surface area contributed by atoms with Gasteiger partial charge in [-0.25, -0.2) is 4.39 Å². The summed E-state index contributed by atoms with van der Waals surface area (Å²) in [5, 5.41) is 0.623. The van der Waals surface area contributed by atoms with Crippen LogP contribution in [-0.2, 0) is 0 Å². The SMILES string of the molecule is C=C(/C=C(\C)F)/N=C(\C)c1ccccc1Cl. The van der Waals surface area contributed by atoms with Gasteiger partial charge < -0.3 is 0 Å². The number of rotatable bonds is 3. The minimum Gasteiger partial charge on any atom is -0.254 e. The van der Waals surface area contributed by atoms with E-state index < -0.39 is 0 Å². The van der Waals surface area contributed by atoms with Crippen LogP contribution in [0.25, 0.3) is 0 Å². The van der Waals surface area contributed by atoms with Gasteiger partial charge in [-0.3, -0.25) is 4.99 Å². The maximum absolute atomic E-state index is 12.6. The molecule has 0 aliphatic carbocycles. The maximum atomic E-state index is 12.6. The molecule has 0 radical (unpaired) electrons. The van der Waals surface area contributed by atoms with Crippen molar-refractivity contribution in [1.29, 1.82) is 0 Å². The molecule has 0 N–H and O–H groups in total. The molecule has 1 aromatic rings. The fourth-order valence-corrected chi connectivity index (χ4v) is 1.56. The lowest BCUT2D eigenvalue weighted by atomic mass is 10.1. The highest BCUT2D eigenvalue weighted by Gasteiger charge is 2.02. The molecule has 0 atom stereocenters. The van der Waals surface area contributed by atoms with Crippen molar-refractivity contribution in [3.05, 3.63) is 59.0 Å². The highest BCUT2D eigenvalue weighted by molar-refractivity contribution is 6.34. The fourth-order valence-electron chi connectivity index (χ4n) is 1.29. The minimum atomic E-state index is -0.319. The van der Waals surface area contributed by atoms with Crippen molar-refractivity contribution < 1.29 is 4.39 Å². The van der Waals surface area contributed by atoms with Crippen molar-refractivity contribution >= 4 is 17.3 Å². The Labute approximate surface area is 100.0 Å². The molecule has 0 spiro atoms. The Balaban J connectivity index is 2.99. The molecule has 0 aliphatic rings. The second-order valence-electron chi connectivity index (χ2n) is 3.40. The van der Waals surface area contributed by atoms with Gasteiger partial charge in [0.15, 0.2) is 0 Å². The van der Waals surface area contributed by atoms with Gasteiger partial charge in [-0.2, -0.15) is 0 Å². The Hall–Kier alpha value is -1.41. The molecule has 0 amide bonds. The largest absolute Gasteiger partial charge is 0.254 e. The zero-order chi connectivity index (χ0) is 12.1. The second kappa shape index (κ2) is 5.61. The average Bonchev–Trinajstić information content (AvgIpc) is 2.16. The number of nitrogens with zero attached hydrogens (tertiary/aromatic N) is 1. The predicted molar refractivity (Wildman–Crippen MR) is 67.7 cm³/mol. The lowest BCUT2D eigenvalue weighted by Crippen LogP contribution is -1.95. The van der Waals surface area contributed by atoms with Gasteiger partial charge in [-0.15, -0.1) is 0 Å². The van der Waals surface area contributed by atoms with Crippen molar-refractivity contribution in [2.75, 3.05) is 0 Å². The zero-order valence-corrected chi connectivity index (χ0v) is 10.1. The highest BCUT2D eigenvalue weighted by Crippen LogP contribution is 2.17. The zero-order valence-electron chi connectivity index (χ0n) is 9.30. The summed E-state index contributed by atoms with van der Waals surface area (Å²) < 4.78 is 12.6. The number of hydrogen-bond donors (Lipinski definition) is 0. The Bertz CT molecular complexity index is 457. The van der Waals surface area contributed by atoms with Crippen molar-refractivity contribution in [2.24, 2.45) is 4.99 Å². The molecule has 1 aromatic carbocycles. The number of aliphatic imine (C=N–C) groups is 1. The smallest absolute Gasteiger partial charge is 0.0989 e. The summed E-state index contributed by atoms with van der Waals surface area (Å²) in [5.41, 5.74) is 1.92. The maximum Gasteiger partial charge on any atom is 0.0989 e. The first kappa shape index (κ1) is 12.7. The Morgan fingerprint density at radius 1 is 1.38 bits per heavy atom. The normalized spacial score (nSPS) is 12.8. The first-order valence-electron chi connectivity index (χ1n) is 4.83. The van der Waals surface area contributed by atoms with Crippen LogP contribution in [0, 0.1) is 0 Å². The predicted octanol–water partition coefficient (Wildman–Crippen LogP) is 4.54. The van der Waals surface area contributed by atoms with Gasteiger partial charge in [-0.1, -0.05) is 36.4 Å². The highest BCUT2D eigenvalue weighted by atomic mass is 35.5. The number of hydrogen-bond acceptors (Lipinski definition) is 1. The average molecular weight is 238 g/mol. The molecule has 1 rings (SSSR count). The van der Waals surface area contributed by atoms with Crippen LogP contribution in [0.1, 0.15) is 19.4 Å². The molecule has 0 fully saturated rings. The quantitative estimate of drug-likeness (QED) is 0.541. The van der Waals surface area contributed by atoms with Gasteiger partial charge in [0.1, 0.15) is 0 Å². The third-order valence-electron chi connectivity index (χ3n) is 1.94. The van der Waals surface area contributed by atoms with Crippen LogP contribution < -0.4 is 0 Å². The van der Waals surface area contributed by atoms with E-state index in [1.807, 2.05) is 25.1 Å². The molecular formula is C13H13ClFN. The van der Waals surface area contributed by atoms with Gasteiger partial charge in [0.2, 0.25) is 0 Å². The fraction of sp³-hybridized carbons (Fsp3) is 0.154. The summed E-state index contributed by atoms with van der Waals surface area (Å²) in [5.74, 6) is -0.319. The first-order valence-corrected chi connectivity index (χ1v) is 5.21. The molecular weight excluding hydrogens is 225 g/mol. The van der Waals surface area contributed by atoms with E-state index in [2.05, 4.69) is 11.6 Å². The summed E-state index contributed by atoms with van der Waals surface area (Å²) in [4.78, 5) is 4.17. The van der Waals surface area contributed by atoms with Gasteiger partial charge in [0.05, 0.1) is 11.5 Å². The number of benzene rings is 1. The van der Waals surface area contributed by atoms with E-state index in [9.17, 15) is 4.39 Å². The standard InChI is InChI=1S/C13H13ClFN/c1-9(15)8-10(2)16-11(3)12-6-4-5-7-13(12)14/h4-8H,2H2,1,3H3/b9-8+,16-11+. The summed E-state index contributed by atoms with van der Waals surface area (Å²) in [7, 11) is 0. The van der Waals surface area contributed by atoms with Gasteiger partial charge in [-0.05, 0) is 26.0 Å². The van der Waals surface area contributed by atoms with Crippen LogP contribution in [0.3, 0.4) is 0 Å². The monoisotopic (exact) mass is 237 g/mol. The topological polar surface area (TPSA) is 12.4 Å². The van der Waals surface area contributed by atoms with E-state index in [1.54, 1.807) is 6.07 Å². The van der Waals surface area contributed by atoms with E-state index in [1.165, 1.54) is 13.0 Å². The second-order valence-corrected chi connectivity index (χ2v) is 3.81. The lowest BCUT2D eigenvalue weighted by molar-refractivity contribution is 0.639. The molecule has 0 aliphatic heterocycles. The van der Waals surface area contributed by atoms with Crippen molar-refractivity contribution in [3.8, 4) is 0 Å². The molecule has 1 nitrogen and oxygen atoms in total. The van der Waals surface area contributed by atoms with Crippen molar-refractivity contribution in [3.63, 3.8) is 0 Å². The number of allylic oxidation sites excluding steroid dienone is 2. The first-order chi connectivity index (χ1) is 7.50. The van der Waals surface area contributed by atoms with Crippen LogP contribution in [0.15, 0.2) is 53.4 Å². The van der Waals surface area contributed by atoms with E-state index in [4.69, 9.17) is 11.6 Å². The molecule has 0 saturated carbocycles. The summed E-state index contributed by atoms with van der Waals surface area (Å²) in [6, 6.07) is 7.37. The number of halogens is 2. The molecule has 0 bridgehead atoms. The third kappa shape index (κ3) is 3.63. The van der Waals surface area contributed by atoms with E-state index >= 15 is 0 Å².